The average Bonchev–Trinajstić information content (AvgIpc) is 2.28. The third-order valence-electron chi connectivity index (χ3n) is 3.13. The first-order valence-corrected chi connectivity index (χ1v) is 5.99. The van der Waals surface area contributed by atoms with Crippen molar-refractivity contribution in [2.24, 2.45) is 5.92 Å². The van der Waals surface area contributed by atoms with Gasteiger partial charge in [-0.05, 0) is 18.9 Å². The van der Waals surface area contributed by atoms with Gasteiger partial charge in [-0.1, -0.05) is 32.0 Å². The fourth-order valence-electron chi connectivity index (χ4n) is 2.39. The van der Waals surface area contributed by atoms with Crippen LogP contribution in [0.1, 0.15) is 32.4 Å². The molecule has 0 bridgehead atoms. The molecule has 0 saturated carbocycles. The van der Waals surface area contributed by atoms with Crippen molar-refractivity contribution in [1.82, 2.24) is 9.97 Å². The smallest absolute Gasteiger partial charge is 0.116 e. The highest BCUT2D eigenvalue weighted by Crippen LogP contribution is 2.30. The minimum atomic E-state index is -0.409. The van der Waals surface area contributed by atoms with Crippen LogP contribution >= 0.6 is 0 Å². The van der Waals surface area contributed by atoms with Crippen molar-refractivity contribution in [3.63, 3.8) is 0 Å². The largest absolute Gasteiger partial charge is 0.393 e. The summed E-state index contributed by atoms with van der Waals surface area (Å²) in [5.74, 6) is 0.385. The van der Waals surface area contributed by atoms with Crippen molar-refractivity contribution in [1.29, 1.82) is 0 Å². The molecule has 17 heavy (non-hydrogen) atoms. The zero-order valence-electron chi connectivity index (χ0n) is 10.5. The van der Waals surface area contributed by atoms with Crippen LogP contribution in [0.25, 0.3) is 10.9 Å². The molecule has 0 aliphatic carbocycles. The molecular formula is C14H18N2O. The maximum absolute atomic E-state index is 9.94. The minimum absolute atomic E-state index is 0.0444. The number of benzene rings is 1. The van der Waals surface area contributed by atoms with E-state index in [0.717, 1.165) is 16.6 Å². The van der Waals surface area contributed by atoms with E-state index < -0.39 is 6.10 Å². The third kappa shape index (κ3) is 2.29. The Labute approximate surface area is 102 Å². The number of rotatable bonds is 3. The van der Waals surface area contributed by atoms with Gasteiger partial charge in [-0.25, -0.2) is 9.97 Å². The Morgan fingerprint density at radius 2 is 1.76 bits per heavy atom. The molecule has 0 saturated heterocycles. The van der Waals surface area contributed by atoms with Crippen LogP contribution in [-0.4, -0.2) is 21.2 Å². The lowest BCUT2D eigenvalue weighted by Gasteiger charge is -2.24. The van der Waals surface area contributed by atoms with Crippen molar-refractivity contribution in [2.45, 2.75) is 32.8 Å². The van der Waals surface area contributed by atoms with Gasteiger partial charge >= 0.3 is 0 Å². The highest BCUT2D eigenvalue weighted by molar-refractivity contribution is 5.81. The predicted octanol–water partition coefficient (Wildman–Crippen LogP) is 2.75. The van der Waals surface area contributed by atoms with Crippen molar-refractivity contribution < 1.29 is 5.11 Å². The van der Waals surface area contributed by atoms with Crippen molar-refractivity contribution >= 4 is 10.9 Å². The quantitative estimate of drug-likeness (QED) is 0.881. The Morgan fingerprint density at radius 3 is 2.41 bits per heavy atom. The molecular weight excluding hydrogens is 212 g/mol. The zero-order valence-corrected chi connectivity index (χ0v) is 10.5. The number of aliphatic hydroxyl groups is 1. The van der Waals surface area contributed by atoms with E-state index in [1.807, 2.05) is 31.2 Å². The number of para-hydroxylation sites is 1. The first-order valence-electron chi connectivity index (χ1n) is 5.99. The van der Waals surface area contributed by atoms with Gasteiger partial charge in [0, 0.05) is 11.3 Å². The second kappa shape index (κ2) is 4.80. The Morgan fingerprint density at radius 1 is 1.06 bits per heavy atom. The van der Waals surface area contributed by atoms with Crippen LogP contribution < -0.4 is 0 Å². The average molecular weight is 230 g/mol. The normalized spacial score (nSPS) is 15.1. The zero-order chi connectivity index (χ0) is 12.4. The van der Waals surface area contributed by atoms with Crippen LogP contribution in [0.3, 0.4) is 0 Å². The SMILES string of the molecule is CC(C)C(c1ncnc2ccccc12)C(C)O. The summed E-state index contributed by atoms with van der Waals surface area (Å²) >= 11 is 0. The van der Waals surface area contributed by atoms with Crippen LogP contribution in [0, 0.1) is 5.92 Å². The van der Waals surface area contributed by atoms with Gasteiger partial charge in [0.15, 0.2) is 0 Å². The number of aromatic nitrogens is 2. The van der Waals surface area contributed by atoms with E-state index in [1.165, 1.54) is 0 Å². The van der Waals surface area contributed by atoms with Gasteiger partial charge in [0.05, 0.1) is 17.3 Å². The van der Waals surface area contributed by atoms with Crippen LogP contribution in [0.4, 0.5) is 0 Å². The van der Waals surface area contributed by atoms with Crippen LogP contribution in [-0.2, 0) is 0 Å². The van der Waals surface area contributed by atoms with Crippen LogP contribution in [0.5, 0.6) is 0 Å². The molecule has 1 N–H and O–H groups in total. The van der Waals surface area contributed by atoms with Crippen LogP contribution in [0.15, 0.2) is 30.6 Å². The number of nitrogens with zero attached hydrogens (tertiary/aromatic N) is 2. The summed E-state index contributed by atoms with van der Waals surface area (Å²) in [6, 6.07) is 7.93. The van der Waals surface area contributed by atoms with Crippen molar-refractivity contribution in [3.05, 3.63) is 36.3 Å². The standard InChI is InChI=1S/C14H18N2O/c1-9(2)13(10(3)17)14-11-6-4-5-7-12(11)15-8-16-14/h4-10,13,17H,1-3H3. The molecule has 90 valence electrons. The monoisotopic (exact) mass is 230 g/mol. The van der Waals surface area contributed by atoms with Gasteiger partial charge in [-0.2, -0.15) is 0 Å². The van der Waals surface area contributed by atoms with Gasteiger partial charge in [-0.15, -0.1) is 0 Å². The van der Waals surface area contributed by atoms with E-state index in [2.05, 4.69) is 23.8 Å². The summed E-state index contributed by atoms with van der Waals surface area (Å²) in [4.78, 5) is 8.63. The fourth-order valence-corrected chi connectivity index (χ4v) is 2.39. The first-order chi connectivity index (χ1) is 8.11. The van der Waals surface area contributed by atoms with E-state index >= 15 is 0 Å². The molecule has 1 heterocycles. The number of aliphatic hydroxyl groups excluding tert-OH is 1. The molecule has 2 rings (SSSR count). The van der Waals surface area contributed by atoms with Crippen molar-refractivity contribution in [3.8, 4) is 0 Å². The van der Waals surface area contributed by atoms with Crippen molar-refractivity contribution in [2.75, 3.05) is 0 Å². The maximum atomic E-state index is 9.94. The topological polar surface area (TPSA) is 46.0 Å². The van der Waals surface area contributed by atoms with Gasteiger partial charge < -0.3 is 5.11 Å². The van der Waals surface area contributed by atoms with E-state index in [9.17, 15) is 5.11 Å². The lowest BCUT2D eigenvalue weighted by molar-refractivity contribution is 0.139. The molecule has 2 aromatic rings. The molecule has 0 aliphatic rings. The molecule has 3 nitrogen and oxygen atoms in total. The Kier molecular flexibility index (Phi) is 3.38. The van der Waals surface area contributed by atoms with Gasteiger partial charge in [-0.3, -0.25) is 0 Å². The lowest BCUT2D eigenvalue weighted by atomic mass is 9.86. The molecule has 0 amide bonds. The predicted molar refractivity (Wildman–Crippen MR) is 68.8 cm³/mol. The molecule has 3 heteroatoms. The third-order valence-corrected chi connectivity index (χ3v) is 3.13. The Balaban J connectivity index is 2.61. The molecule has 0 aliphatic heterocycles. The summed E-state index contributed by atoms with van der Waals surface area (Å²) in [5.41, 5.74) is 1.88. The fraction of sp³-hybridized carbons (Fsp3) is 0.429. The lowest BCUT2D eigenvalue weighted by Crippen LogP contribution is -2.21. The van der Waals surface area contributed by atoms with Gasteiger partial charge in [0.1, 0.15) is 6.33 Å². The molecule has 2 unspecified atom stereocenters. The highest BCUT2D eigenvalue weighted by Gasteiger charge is 2.24. The summed E-state index contributed by atoms with van der Waals surface area (Å²) in [5, 5.41) is 11.0. The Hall–Kier alpha value is -1.48. The minimum Gasteiger partial charge on any atom is -0.393 e. The molecule has 2 atom stereocenters. The molecule has 1 aromatic heterocycles. The summed E-state index contributed by atoms with van der Waals surface area (Å²) < 4.78 is 0. The van der Waals surface area contributed by atoms with E-state index in [0.29, 0.717) is 5.92 Å². The number of hydrogen-bond donors (Lipinski definition) is 1. The van der Waals surface area contributed by atoms with Gasteiger partial charge in [0.2, 0.25) is 0 Å². The number of hydrogen-bond acceptors (Lipinski definition) is 3. The molecule has 0 radical (unpaired) electrons. The van der Waals surface area contributed by atoms with Gasteiger partial charge in [0.25, 0.3) is 0 Å². The van der Waals surface area contributed by atoms with E-state index in [-0.39, 0.29) is 5.92 Å². The summed E-state index contributed by atoms with van der Waals surface area (Å²) in [7, 11) is 0. The first kappa shape index (κ1) is 12.0. The van der Waals surface area contributed by atoms with E-state index in [4.69, 9.17) is 0 Å². The molecule has 0 fully saturated rings. The second-order valence-corrected chi connectivity index (χ2v) is 4.79. The Bertz CT molecular complexity index is 495. The summed E-state index contributed by atoms with van der Waals surface area (Å²) in [6.45, 7) is 6.03. The second-order valence-electron chi connectivity index (χ2n) is 4.79. The maximum Gasteiger partial charge on any atom is 0.116 e. The molecule has 1 aromatic carbocycles. The summed E-state index contributed by atoms with van der Waals surface area (Å²) in [6.07, 6.45) is 1.17. The van der Waals surface area contributed by atoms with E-state index in [1.54, 1.807) is 6.33 Å². The number of fused-ring (bicyclic) bond motifs is 1. The van der Waals surface area contributed by atoms with Crippen LogP contribution in [0.2, 0.25) is 0 Å². The highest BCUT2D eigenvalue weighted by atomic mass is 16.3. The molecule has 0 spiro atoms.